The molecule has 1 atom stereocenters. The highest BCUT2D eigenvalue weighted by atomic mass is 16.5. The summed E-state index contributed by atoms with van der Waals surface area (Å²) in [5.41, 5.74) is 3.11. The van der Waals surface area contributed by atoms with Gasteiger partial charge in [0.2, 0.25) is 0 Å². The van der Waals surface area contributed by atoms with Crippen LogP contribution in [0.15, 0.2) is 18.2 Å². The predicted octanol–water partition coefficient (Wildman–Crippen LogP) is 2.85. The quantitative estimate of drug-likeness (QED) is 0.938. The van der Waals surface area contributed by atoms with Crippen molar-refractivity contribution in [1.82, 2.24) is 10.3 Å². The summed E-state index contributed by atoms with van der Waals surface area (Å²) in [6, 6.07) is 6.11. The maximum Gasteiger partial charge on any atom is 0.131 e. The van der Waals surface area contributed by atoms with E-state index < -0.39 is 0 Å². The summed E-state index contributed by atoms with van der Waals surface area (Å²) >= 11 is 0. The molecule has 0 radical (unpaired) electrons. The lowest BCUT2D eigenvalue weighted by atomic mass is 10.1. The first kappa shape index (κ1) is 14.1. The Morgan fingerprint density at radius 2 is 2.19 bits per heavy atom. The van der Waals surface area contributed by atoms with Crippen LogP contribution in [0.1, 0.15) is 24.6 Å². The Balaban J connectivity index is 2.10. The Morgan fingerprint density at radius 3 is 2.86 bits per heavy atom. The number of rotatable bonds is 4. The molecule has 4 heteroatoms. The number of hydrogen-bond donors (Lipinski definition) is 1. The Kier molecular flexibility index (Phi) is 3.97. The van der Waals surface area contributed by atoms with Crippen LogP contribution >= 0.6 is 0 Å². The second-order valence-electron chi connectivity index (χ2n) is 5.49. The monoisotopic (exact) mass is 286 g/mol. The molecule has 3 rings (SSSR count). The van der Waals surface area contributed by atoms with Gasteiger partial charge in [-0.3, -0.25) is 4.98 Å². The van der Waals surface area contributed by atoms with E-state index in [0.29, 0.717) is 0 Å². The van der Waals surface area contributed by atoms with Gasteiger partial charge in [-0.2, -0.15) is 0 Å². The summed E-state index contributed by atoms with van der Waals surface area (Å²) in [4.78, 5) is 4.76. The number of hydrogen-bond acceptors (Lipinski definition) is 4. The van der Waals surface area contributed by atoms with Crippen molar-refractivity contribution in [3.8, 4) is 11.5 Å². The molecular formula is C17H22N2O2. The standard InChI is InChI=1S/C17H22N2O2/c1-4-12-9-16(21-13-7-8-18-10-13)14-5-6-15(20-3)11(2)17(14)19-12/h5-6,9,13,18H,4,7-8,10H2,1-3H3. The van der Waals surface area contributed by atoms with Crippen LogP contribution in [0.5, 0.6) is 11.5 Å². The summed E-state index contributed by atoms with van der Waals surface area (Å²) in [6.45, 7) is 6.11. The molecule has 0 saturated carbocycles. The predicted molar refractivity (Wildman–Crippen MR) is 84.3 cm³/mol. The molecule has 1 N–H and O–H groups in total. The number of benzene rings is 1. The van der Waals surface area contributed by atoms with Crippen LogP contribution in [-0.2, 0) is 6.42 Å². The lowest BCUT2D eigenvalue weighted by molar-refractivity contribution is 0.225. The van der Waals surface area contributed by atoms with Gasteiger partial charge in [0, 0.05) is 29.3 Å². The Labute approximate surface area is 125 Å². The topological polar surface area (TPSA) is 43.4 Å². The van der Waals surface area contributed by atoms with Crippen LogP contribution in [0, 0.1) is 6.92 Å². The number of nitrogens with zero attached hydrogens (tertiary/aromatic N) is 1. The van der Waals surface area contributed by atoms with Crippen LogP contribution in [0.2, 0.25) is 0 Å². The Morgan fingerprint density at radius 1 is 1.33 bits per heavy atom. The van der Waals surface area contributed by atoms with Gasteiger partial charge in [0.05, 0.1) is 12.6 Å². The fourth-order valence-corrected chi connectivity index (χ4v) is 2.84. The van der Waals surface area contributed by atoms with Crippen LogP contribution in [0.3, 0.4) is 0 Å². The molecule has 1 saturated heterocycles. The summed E-state index contributed by atoms with van der Waals surface area (Å²) in [5.74, 6) is 1.81. The molecule has 1 aromatic heterocycles. The maximum absolute atomic E-state index is 6.22. The molecule has 1 aliphatic rings. The van der Waals surface area contributed by atoms with Crippen LogP contribution in [-0.4, -0.2) is 31.3 Å². The molecule has 0 aliphatic carbocycles. The van der Waals surface area contributed by atoms with Crippen molar-refractivity contribution in [2.24, 2.45) is 0 Å². The van der Waals surface area contributed by atoms with E-state index >= 15 is 0 Å². The average molecular weight is 286 g/mol. The Bertz CT molecular complexity index is 649. The van der Waals surface area contributed by atoms with E-state index in [4.69, 9.17) is 14.5 Å². The van der Waals surface area contributed by atoms with Gasteiger partial charge in [-0.25, -0.2) is 0 Å². The molecule has 0 spiro atoms. The second-order valence-corrected chi connectivity index (χ2v) is 5.49. The summed E-state index contributed by atoms with van der Waals surface area (Å²) < 4.78 is 11.6. The van der Waals surface area contributed by atoms with Gasteiger partial charge in [-0.05, 0) is 38.4 Å². The molecule has 112 valence electrons. The first-order valence-electron chi connectivity index (χ1n) is 7.57. The second kappa shape index (κ2) is 5.90. The molecule has 1 fully saturated rings. The first-order chi connectivity index (χ1) is 10.2. The number of aryl methyl sites for hydroxylation is 2. The van der Waals surface area contributed by atoms with Crippen LogP contribution < -0.4 is 14.8 Å². The number of fused-ring (bicyclic) bond motifs is 1. The number of methoxy groups -OCH3 is 1. The van der Waals surface area contributed by atoms with E-state index in [1.54, 1.807) is 7.11 Å². The van der Waals surface area contributed by atoms with Gasteiger partial charge in [0.25, 0.3) is 0 Å². The van der Waals surface area contributed by atoms with E-state index in [1.165, 1.54) is 0 Å². The minimum Gasteiger partial charge on any atom is -0.496 e. The third kappa shape index (κ3) is 2.68. The smallest absolute Gasteiger partial charge is 0.131 e. The Hall–Kier alpha value is -1.81. The molecule has 0 amide bonds. The van der Waals surface area contributed by atoms with E-state index in [1.807, 2.05) is 12.1 Å². The van der Waals surface area contributed by atoms with Crippen molar-refractivity contribution < 1.29 is 9.47 Å². The average Bonchev–Trinajstić information content (AvgIpc) is 3.01. The zero-order chi connectivity index (χ0) is 14.8. The number of pyridine rings is 1. The van der Waals surface area contributed by atoms with Gasteiger partial charge >= 0.3 is 0 Å². The number of aromatic nitrogens is 1. The van der Waals surface area contributed by atoms with E-state index in [-0.39, 0.29) is 6.10 Å². The molecular weight excluding hydrogens is 264 g/mol. The fourth-order valence-electron chi connectivity index (χ4n) is 2.84. The van der Waals surface area contributed by atoms with Gasteiger partial charge in [-0.15, -0.1) is 0 Å². The molecule has 4 nitrogen and oxygen atoms in total. The largest absolute Gasteiger partial charge is 0.496 e. The van der Waals surface area contributed by atoms with Gasteiger partial charge in [0.1, 0.15) is 17.6 Å². The molecule has 2 heterocycles. The molecule has 1 unspecified atom stereocenters. The first-order valence-corrected chi connectivity index (χ1v) is 7.57. The third-order valence-corrected chi connectivity index (χ3v) is 4.09. The van der Waals surface area contributed by atoms with Crippen molar-refractivity contribution in [1.29, 1.82) is 0 Å². The van der Waals surface area contributed by atoms with Gasteiger partial charge in [-0.1, -0.05) is 6.92 Å². The SMILES string of the molecule is CCc1cc(OC2CCNC2)c2ccc(OC)c(C)c2n1. The van der Waals surface area contributed by atoms with Crippen molar-refractivity contribution in [2.75, 3.05) is 20.2 Å². The maximum atomic E-state index is 6.22. The van der Waals surface area contributed by atoms with Gasteiger partial charge in [0.15, 0.2) is 0 Å². The van der Waals surface area contributed by atoms with Crippen molar-refractivity contribution >= 4 is 10.9 Å². The van der Waals surface area contributed by atoms with E-state index in [2.05, 4.69) is 25.2 Å². The van der Waals surface area contributed by atoms with Crippen LogP contribution in [0.25, 0.3) is 10.9 Å². The summed E-state index contributed by atoms with van der Waals surface area (Å²) in [7, 11) is 1.69. The molecule has 1 aliphatic heterocycles. The summed E-state index contributed by atoms with van der Waals surface area (Å²) in [6.07, 6.45) is 2.20. The number of nitrogens with one attached hydrogen (secondary N) is 1. The van der Waals surface area contributed by atoms with Crippen molar-refractivity contribution in [3.05, 3.63) is 29.5 Å². The highest BCUT2D eigenvalue weighted by Crippen LogP contribution is 2.33. The van der Waals surface area contributed by atoms with Gasteiger partial charge < -0.3 is 14.8 Å². The minimum absolute atomic E-state index is 0.253. The zero-order valence-corrected chi connectivity index (χ0v) is 12.9. The zero-order valence-electron chi connectivity index (χ0n) is 12.9. The fraction of sp³-hybridized carbons (Fsp3) is 0.471. The highest BCUT2D eigenvalue weighted by Gasteiger charge is 2.19. The normalized spacial score (nSPS) is 18.1. The lowest BCUT2D eigenvalue weighted by Gasteiger charge is -2.17. The lowest BCUT2D eigenvalue weighted by Crippen LogP contribution is -2.19. The van der Waals surface area contributed by atoms with E-state index in [9.17, 15) is 0 Å². The summed E-state index contributed by atoms with van der Waals surface area (Å²) in [5, 5.41) is 4.41. The molecule has 0 bridgehead atoms. The highest BCUT2D eigenvalue weighted by molar-refractivity contribution is 5.89. The van der Waals surface area contributed by atoms with Crippen molar-refractivity contribution in [2.45, 2.75) is 32.8 Å². The van der Waals surface area contributed by atoms with Crippen LogP contribution in [0.4, 0.5) is 0 Å². The minimum atomic E-state index is 0.253. The van der Waals surface area contributed by atoms with E-state index in [0.717, 1.165) is 59.6 Å². The molecule has 2 aromatic rings. The van der Waals surface area contributed by atoms with Crippen molar-refractivity contribution in [3.63, 3.8) is 0 Å². The number of ether oxygens (including phenoxy) is 2. The molecule has 1 aromatic carbocycles. The third-order valence-electron chi connectivity index (χ3n) is 4.09. The molecule has 21 heavy (non-hydrogen) atoms.